The Morgan fingerprint density at radius 2 is 2.19 bits per heavy atom. The molecule has 1 atom stereocenters. The summed E-state index contributed by atoms with van der Waals surface area (Å²) in [5.41, 5.74) is 2.17. The fraction of sp³-hybridized carbons (Fsp3) is 0.583. The van der Waals surface area contributed by atoms with Gasteiger partial charge in [0.25, 0.3) is 0 Å². The molecule has 90 valence electrons. The van der Waals surface area contributed by atoms with E-state index >= 15 is 0 Å². The van der Waals surface area contributed by atoms with Gasteiger partial charge in [0.05, 0.1) is 5.69 Å². The van der Waals surface area contributed by atoms with E-state index < -0.39 is 0 Å². The van der Waals surface area contributed by atoms with E-state index in [1.54, 1.807) is 0 Å². The predicted molar refractivity (Wildman–Crippen MR) is 68.6 cm³/mol. The molecule has 4 heteroatoms. The highest BCUT2D eigenvalue weighted by Gasteiger charge is 2.03. The van der Waals surface area contributed by atoms with E-state index in [9.17, 15) is 0 Å². The second kappa shape index (κ2) is 6.45. The molecule has 1 rings (SSSR count). The summed E-state index contributed by atoms with van der Waals surface area (Å²) in [7, 11) is 6.08. The summed E-state index contributed by atoms with van der Waals surface area (Å²) in [5, 5.41) is 6.56. The maximum absolute atomic E-state index is 4.32. The van der Waals surface area contributed by atoms with Gasteiger partial charge in [0.15, 0.2) is 0 Å². The normalized spacial score (nSPS) is 12.8. The SMILES string of the molecule is CNc1ccnc(CNC(C)CN(C)C)c1. The van der Waals surface area contributed by atoms with E-state index in [0.717, 1.165) is 24.5 Å². The van der Waals surface area contributed by atoms with Crippen molar-refractivity contribution in [1.29, 1.82) is 0 Å². The smallest absolute Gasteiger partial charge is 0.0562 e. The average molecular weight is 222 g/mol. The first-order chi connectivity index (χ1) is 7.61. The summed E-state index contributed by atoms with van der Waals surface area (Å²) in [5.74, 6) is 0. The Labute approximate surface area is 98.1 Å². The highest BCUT2D eigenvalue weighted by molar-refractivity contribution is 5.42. The summed E-state index contributed by atoms with van der Waals surface area (Å²) in [6.07, 6.45) is 1.83. The van der Waals surface area contributed by atoms with Crippen LogP contribution in [-0.4, -0.2) is 43.6 Å². The fourth-order valence-corrected chi connectivity index (χ4v) is 1.62. The Bertz CT molecular complexity index is 312. The van der Waals surface area contributed by atoms with Gasteiger partial charge in [0.1, 0.15) is 0 Å². The lowest BCUT2D eigenvalue weighted by Crippen LogP contribution is -2.35. The van der Waals surface area contributed by atoms with Crippen LogP contribution in [0.15, 0.2) is 18.3 Å². The number of nitrogens with one attached hydrogen (secondary N) is 2. The quantitative estimate of drug-likeness (QED) is 0.758. The van der Waals surface area contributed by atoms with E-state index in [2.05, 4.69) is 47.6 Å². The summed E-state index contributed by atoms with van der Waals surface area (Å²) in [6, 6.07) is 4.50. The third kappa shape index (κ3) is 4.59. The minimum Gasteiger partial charge on any atom is -0.388 e. The van der Waals surface area contributed by atoms with Gasteiger partial charge in [-0.3, -0.25) is 4.98 Å². The van der Waals surface area contributed by atoms with Gasteiger partial charge >= 0.3 is 0 Å². The number of aromatic nitrogens is 1. The molecule has 0 bridgehead atoms. The van der Waals surface area contributed by atoms with Gasteiger partial charge in [0, 0.05) is 38.1 Å². The van der Waals surface area contributed by atoms with Crippen LogP contribution in [0.2, 0.25) is 0 Å². The Balaban J connectivity index is 2.41. The van der Waals surface area contributed by atoms with E-state index in [-0.39, 0.29) is 0 Å². The number of pyridine rings is 1. The van der Waals surface area contributed by atoms with Crippen molar-refractivity contribution in [3.05, 3.63) is 24.0 Å². The van der Waals surface area contributed by atoms with Gasteiger partial charge in [-0.2, -0.15) is 0 Å². The van der Waals surface area contributed by atoms with Crippen molar-refractivity contribution in [3.63, 3.8) is 0 Å². The van der Waals surface area contributed by atoms with Crippen molar-refractivity contribution >= 4 is 5.69 Å². The molecule has 0 saturated heterocycles. The fourth-order valence-electron chi connectivity index (χ4n) is 1.62. The highest BCUT2D eigenvalue weighted by atomic mass is 15.1. The van der Waals surface area contributed by atoms with E-state index in [1.165, 1.54) is 0 Å². The molecule has 0 aromatic carbocycles. The zero-order valence-corrected chi connectivity index (χ0v) is 10.6. The molecule has 1 aromatic heterocycles. The molecule has 0 amide bonds. The third-order valence-corrected chi connectivity index (χ3v) is 2.38. The summed E-state index contributed by atoms with van der Waals surface area (Å²) < 4.78 is 0. The molecular weight excluding hydrogens is 200 g/mol. The number of hydrogen-bond acceptors (Lipinski definition) is 4. The van der Waals surface area contributed by atoms with Crippen molar-refractivity contribution in [2.75, 3.05) is 33.0 Å². The lowest BCUT2D eigenvalue weighted by Gasteiger charge is -2.18. The molecule has 0 aliphatic carbocycles. The lowest BCUT2D eigenvalue weighted by atomic mass is 10.2. The Morgan fingerprint density at radius 3 is 2.81 bits per heavy atom. The lowest BCUT2D eigenvalue weighted by molar-refractivity contribution is 0.348. The first-order valence-electron chi connectivity index (χ1n) is 5.62. The van der Waals surface area contributed by atoms with Gasteiger partial charge < -0.3 is 15.5 Å². The van der Waals surface area contributed by atoms with Crippen molar-refractivity contribution in [2.45, 2.75) is 19.5 Å². The molecule has 0 aliphatic rings. The molecular formula is C12H22N4. The van der Waals surface area contributed by atoms with Crippen LogP contribution in [0.3, 0.4) is 0 Å². The Hall–Kier alpha value is -1.13. The molecule has 0 aliphatic heterocycles. The molecule has 1 unspecified atom stereocenters. The monoisotopic (exact) mass is 222 g/mol. The summed E-state index contributed by atoms with van der Waals surface area (Å²) in [6.45, 7) is 4.03. The summed E-state index contributed by atoms with van der Waals surface area (Å²) >= 11 is 0. The first kappa shape index (κ1) is 12.9. The predicted octanol–water partition coefficient (Wildman–Crippen LogP) is 1.16. The molecule has 2 N–H and O–H groups in total. The zero-order chi connectivity index (χ0) is 12.0. The molecule has 1 aromatic rings. The Kier molecular flexibility index (Phi) is 5.22. The Morgan fingerprint density at radius 1 is 1.44 bits per heavy atom. The largest absolute Gasteiger partial charge is 0.388 e. The van der Waals surface area contributed by atoms with Crippen LogP contribution in [0.5, 0.6) is 0 Å². The van der Waals surface area contributed by atoms with Crippen LogP contribution in [0, 0.1) is 0 Å². The number of hydrogen-bond donors (Lipinski definition) is 2. The second-order valence-corrected chi connectivity index (χ2v) is 4.33. The second-order valence-electron chi connectivity index (χ2n) is 4.33. The van der Waals surface area contributed by atoms with Crippen molar-refractivity contribution < 1.29 is 0 Å². The number of rotatable bonds is 6. The number of likely N-dealkylation sites (N-methyl/N-ethyl adjacent to an activating group) is 1. The van der Waals surface area contributed by atoms with Crippen molar-refractivity contribution in [1.82, 2.24) is 15.2 Å². The van der Waals surface area contributed by atoms with Gasteiger partial charge in [-0.1, -0.05) is 0 Å². The standard InChI is InChI=1S/C12H22N4/c1-10(9-16(3)4)15-8-12-7-11(13-2)5-6-14-12/h5-7,10,15H,8-9H2,1-4H3,(H,13,14). The van der Waals surface area contributed by atoms with Crippen LogP contribution >= 0.6 is 0 Å². The van der Waals surface area contributed by atoms with E-state index in [0.29, 0.717) is 6.04 Å². The minimum absolute atomic E-state index is 0.468. The maximum Gasteiger partial charge on any atom is 0.0562 e. The van der Waals surface area contributed by atoms with E-state index in [4.69, 9.17) is 0 Å². The van der Waals surface area contributed by atoms with Crippen LogP contribution in [-0.2, 0) is 6.54 Å². The average Bonchev–Trinajstić information content (AvgIpc) is 2.26. The van der Waals surface area contributed by atoms with Gasteiger partial charge in [-0.05, 0) is 33.2 Å². The van der Waals surface area contributed by atoms with Gasteiger partial charge in [-0.15, -0.1) is 0 Å². The number of nitrogens with zero attached hydrogens (tertiary/aromatic N) is 2. The van der Waals surface area contributed by atoms with E-state index in [1.807, 2.05) is 19.3 Å². The molecule has 0 spiro atoms. The zero-order valence-electron chi connectivity index (χ0n) is 10.6. The van der Waals surface area contributed by atoms with Gasteiger partial charge in [0.2, 0.25) is 0 Å². The molecule has 0 radical (unpaired) electrons. The van der Waals surface area contributed by atoms with Crippen LogP contribution < -0.4 is 10.6 Å². The molecule has 0 saturated carbocycles. The minimum atomic E-state index is 0.468. The van der Waals surface area contributed by atoms with Crippen molar-refractivity contribution in [3.8, 4) is 0 Å². The van der Waals surface area contributed by atoms with Gasteiger partial charge in [-0.25, -0.2) is 0 Å². The highest BCUT2D eigenvalue weighted by Crippen LogP contribution is 2.06. The first-order valence-corrected chi connectivity index (χ1v) is 5.62. The molecule has 1 heterocycles. The van der Waals surface area contributed by atoms with Crippen LogP contribution in [0.1, 0.15) is 12.6 Å². The number of anilines is 1. The maximum atomic E-state index is 4.32. The third-order valence-electron chi connectivity index (χ3n) is 2.38. The van der Waals surface area contributed by atoms with Crippen LogP contribution in [0.25, 0.3) is 0 Å². The molecule has 4 nitrogen and oxygen atoms in total. The van der Waals surface area contributed by atoms with Crippen LogP contribution in [0.4, 0.5) is 5.69 Å². The summed E-state index contributed by atoms with van der Waals surface area (Å²) in [4.78, 5) is 6.50. The topological polar surface area (TPSA) is 40.2 Å². The van der Waals surface area contributed by atoms with Crippen molar-refractivity contribution in [2.24, 2.45) is 0 Å². The molecule has 16 heavy (non-hydrogen) atoms. The molecule has 0 fully saturated rings.